The zero-order chi connectivity index (χ0) is 31.4. The smallest absolute Gasteiger partial charge is 0.140 e. The minimum atomic E-state index is -0.462. The molecule has 0 unspecified atom stereocenters. The highest BCUT2D eigenvalue weighted by Crippen LogP contribution is 2.65. The van der Waals surface area contributed by atoms with E-state index in [9.17, 15) is 0 Å². The van der Waals surface area contributed by atoms with E-state index in [1.165, 1.54) is 60.7 Å². The molecular formula is C46H27NO. The second-order valence-corrected chi connectivity index (χ2v) is 13.0. The van der Waals surface area contributed by atoms with Crippen LogP contribution < -0.4 is 0 Å². The van der Waals surface area contributed by atoms with Crippen molar-refractivity contribution in [2.75, 3.05) is 0 Å². The van der Waals surface area contributed by atoms with Crippen molar-refractivity contribution in [2.24, 2.45) is 0 Å². The molecule has 11 rings (SSSR count). The van der Waals surface area contributed by atoms with E-state index in [0.717, 1.165) is 39.1 Å². The van der Waals surface area contributed by atoms with Gasteiger partial charge in [0.25, 0.3) is 0 Å². The Kier molecular flexibility index (Phi) is 5.07. The number of pyridine rings is 1. The van der Waals surface area contributed by atoms with E-state index in [-0.39, 0.29) is 0 Å². The molecule has 0 N–H and O–H groups in total. The monoisotopic (exact) mass is 609 g/mol. The summed E-state index contributed by atoms with van der Waals surface area (Å²) in [6, 6.07) is 59.3. The first-order chi connectivity index (χ1) is 23.8. The van der Waals surface area contributed by atoms with Gasteiger partial charge in [-0.1, -0.05) is 133 Å². The Morgan fingerprint density at radius 3 is 1.92 bits per heavy atom. The highest BCUT2D eigenvalue weighted by molar-refractivity contribution is 6.03. The molecule has 0 atom stereocenters. The highest BCUT2D eigenvalue weighted by Gasteiger charge is 2.54. The van der Waals surface area contributed by atoms with Crippen molar-refractivity contribution in [1.82, 2.24) is 4.98 Å². The normalized spacial score (nSPS) is 13.6. The van der Waals surface area contributed by atoms with Crippen molar-refractivity contribution in [2.45, 2.75) is 5.41 Å². The van der Waals surface area contributed by atoms with Crippen molar-refractivity contribution in [3.63, 3.8) is 0 Å². The molecule has 0 saturated carbocycles. The van der Waals surface area contributed by atoms with Gasteiger partial charge in [0.2, 0.25) is 0 Å². The maximum atomic E-state index is 6.83. The van der Waals surface area contributed by atoms with E-state index in [0.29, 0.717) is 0 Å². The van der Waals surface area contributed by atoms with Gasteiger partial charge in [0.15, 0.2) is 0 Å². The fourth-order valence-corrected chi connectivity index (χ4v) is 8.67. The van der Waals surface area contributed by atoms with Gasteiger partial charge >= 0.3 is 0 Å². The van der Waals surface area contributed by atoms with E-state index in [1.807, 2.05) is 0 Å². The summed E-state index contributed by atoms with van der Waals surface area (Å²) in [7, 11) is 0. The van der Waals surface area contributed by atoms with Gasteiger partial charge in [0, 0.05) is 27.5 Å². The molecule has 1 spiro atoms. The van der Waals surface area contributed by atoms with Gasteiger partial charge in [-0.3, -0.25) is 0 Å². The van der Waals surface area contributed by atoms with Crippen LogP contribution in [0.3, 0.4) is 0 Å². The summed E-state index contributed by atoms with van der Waals surface area (Å²) in [5.41, 5.74) is 14.7. The van der Waals surface area contributed by atoms with Crippen molar-refractivity contribution in [3.05, 3.63) is 186 Å². The summed E-state index contributed by atoms with van der Waals surface area (Å²) in [5, 5.41) is 4.79. The quantitative estimate of drug-likeness (QED) is 0.195. The molecule has 2 aliphatic carbocycles. The summed E-state index contributed by atoms with van der Waals surface area (Å²) in [6.07, 6.45) is 0. The molecule has 2 heterocycles. The molecule has 2 nitrogen and oxygen atoms in total. The zero-order valence-corrected chi connectivity index (χ0v) is 25.9. The average molecular weight is 610 g/mol. The van der Waals surface area contributed by atoms with Crippen LogP contribution >= 0.6 is 0 Å². The molecule has 0 amide bonds. The Balaban J connectivity index is 1.19. The standard InChI is InChI=1S/C46H27NO/c1-2-12-29-25-30(22-21-28(29)11-1)36-27-42(47-41-19-9-5-15-34(36)41)31-23-24-40-37(26-31)45-44(35-16-6-10-20-43(35)48-45)46(40)38-17-7-3-13-32(38)33-14-4-8-18-39(33)46/h1-27H. The molecule has 2 aromatic heterocycles. The molecule has 0 bridgehead atoms. The molecule has 2 aliphatic rings. The lowest BCUT2D eigenvalue weighted by Crippen LogP contribution is -2.25. The van der Waals surface area contributed by atoms with Gasteiger partial charge in [0.05, 0.1) is 16.6 Å². The van der Waals surface area contributed by atoms with Crippen molar-refractivity contribution >= 4 is 32.6 Å². The Labute approximate surface area is 277 Å². The van der Waals surface area contributed by atoms with Crippen LogP contribution in [0.2, 0.25) is 0 Å². The Bertz CT molecular complexity index is 2760. The predicted molar refractivity (Wildman–Crippen MR) is 196 cm³/mol. The number of fused-ring (bicyclic) bond motifs is 14. The maximum Gasteiger partial charge on any atom is 0.140 e. The topological polar surface area (TPSA) is 26.0 Å². The van der Waals surface area contributed by atoms with Gasteiger partial charge in [-0.05, 0) is 80.0 Å². The zero-order valence-electron chi connectivity index (χ0n) is 25.9. The maximum absolute atomic E-state index is 6.83. The van der Waals surface area contributed by atoms with Gasteiger partial charge in [-0.15, -0.1) is 0 Å². The van der Waals surface area contributed by atoms with Crippen LogP contribution in [0.1, 0.15) is 22.3 Å². The van der Waals surface area contributed by atoms with Gasteiger partial charge in [-0.2, -0.15) is 0 Å². The van der Waals surface area contributed by atoms with E-state index in [4.69, 9.17) is 9.40 Å². The van der Waals surface area contributed by atoms with E-state index >= 15 is 0 Å². The molecule has 48 heavy (non-hydrogen) atoms. The van der Waals surface area contributed by atoms with Crippen LogP contribution in [0.4, 0.5) is 0 Å². The molecule has 0 radical (unpaired) electrons. The molecule has 9 aromatic rings. The van der Waals surface area contributed by atoms with Crippen LogP contribution in [0.5, 0.6) is 0 Å². The first-order valence-corrected chi connectivity index (χ1v) is 16.5. The Morgan fingerprint density at radius 2 is 1.08 bits per heavy atom. The number of para-hydroxylation sites is 2. The van der Waals surface area contributed by atoms with Gasteiger partial charge in [-0.25, -0.2) is 4.98 Å². The number of benzene rings is 7. The van der Waals surface area contributed by atoms with E-state index in [2.05, 4.69) is 164 Å². The second-order valence-electron chi connectivity index (χ2n) is 13.0. The van der Waals surface area contributed by atoms with Crippen LogP contribution in [-0.2, 0) is 5.41 Å². The SMILES string of the molecule is c1ccc2c(c1)-c1ccccc1C21c2ccc(-c3cc(-c4ccc5ccccc5c4)c4ccccc4n3)cc2-c2oc3ccccc3c21. The lowest BCUT2D eigenvalue weighted by Gasteiger charge is -2.30. The van der Waals surface area contributed by atoms with Gasteiger partial charge in [0.1, 0.15) is 11.3 Å². The third-order valence-electron chi connectivity index (χ3n) is 10.7. The van der Waals surface area contributed by atoms with Crippen LogP contribution in [0, 0.1) is 0 Å². The highest BCUT2D eigenvalue weighted by atomic mass is 16.3. The fourth-order valence-electron chi connectivity index (χ4n) is 8.67. The number of hydrogen-bond donors (Lipinski definition) is 0. The van der Waals surface area contributed by atoms with Crippen LogP contribution in [0.15, 0.2) is 168 Å². The first kappa shape index (κ1) is 25.9. The number of furan rings is 1. The molecule has 0 aliphatic heterocycles. The lowest BCUT2D eigenvalue weighted by molar-refractivity contribution is 0.628. The van der Waals surface area contributed by atoms with Crippen molar-refractivity contribution < 1.29 is 4.42 Å². The fraction of sp³-hybridized carbons (Fsp3) is 0.0217. The Morgan fingerprint density at radius 1 is 0.438 bits per heavy atom. The van der Waals surface area contributed by atoms with Crippen molar-refractivity contribution in [3.8, 4) is 44.8 Å². The van der Waals surface area contributed by atoms with Gasteiger partial charge < -0.3 is 4.42 Å². The molecule has 0 fully saturated rings. The molecule has 2 heteroatoms. The number of hydrogen-bond acceptors (Lipinski definition) is 2. The third kappa shape index (κ3) is 3.29. The summed E-state index contributed by atoms with van der Waals surface area (Å²) in [6.45, 7) is 0. The first-order valence-electron chi connectivity index (χ1n) is 16.5. The lowest BCUT2D eigenvalue weighted by atomic mass is 9.70. The summed E-state index contributed by atoms with van der Waals surface area (Å²) < 4.78 is 6.83. The summed E-state index contributed by atoms with van der Waals surface area (Å²) >= 11 is 0. The third-order valence-corrected chi connectivity index (χ3v) is 10.7. The molecule has 7 aromatic carbocycles. The van der Waals surface area contributed by atoms with E-state index < -0.39 is 5.41 Å². The number of rotatable bonds is 2. The van der Waals surface area contributed by atoms with Crippen LogP contribution in [-0.4, -0.2) is 4.98 Å². The summed E-state index contributed by atoms with van der Waals surface area (Å²) in [5.74, 6) is 0.954. The second kappa shape index (κ2) is 9.40. The summed E-state index contributed by atoms with van der Waals surface area (Å²) in [4.78, 5) is 5.25. The largest absolute Gasteiger partial charge is 0.456 e. The minimum absolute atomic E-state index is 0.462. The van der Waals surface area contributed by atoms with Crippen LogP contribution in [0.25, 0.3) is 77.5 Å². The molecule has 222 valence electrons. The van der Waals surface area contributed by atoms with E-state index in [1.54, 1.807) is 0 Å². The Hall–Kier alpha value is -6.25. The predicted octanol–water partition coefficient (Wildman–Crippen LogP) is 11.8. The molecule has 0 saturated heterocycles. The minimum Gasteiger partial charge on any atom is -0.456 e. The molecular weight excluding hydrogens is 583 g/mol. The average Bonchev–Trinajstić information content (AvgIpc) is 3.77. The number of aromatic nitrogens is 1. The number of nitrogens with zero attached hydrogens (tertiary/aromatic N) is 1. The van der Waals surface area contributed by atoms with Crippen molar-refractivity contribution in [1.29, 1.82) is 0 Å².